The van der Waals surface area contributed by atoms with Crippen molar-refractivity contribution in [3.63, 3.8) is 0 Å². The molecule has 3 aromatic carbocycles. The van der Waals surface area contributed by atoms with Crippen LogP contribution in [0.2, 0.25) is 0 Å². The van der Waals surface area contributed by atoms with E-state index >= 15 is 0 Å². The molecule has 0 bridgehead atoms. The van der Waals surface area contributed by atoms with Gasteiger partial charge in [0, 0.05) is 23.2 Å². The summed E-state index contributed by atoms with van der Waals surface area (Å²) >= 11 is 0. The van der Waals surface area contributed by atoms with E-state index in [1.165, 1.54) is 26.4 Å². The maximum atomic E-state index is 13.4. The van der Waals surface area contributed by atoms with Crippen molar-refractivity contribution < 1.29 is 28.6 Å². The lowest BCUT2D eigenvalue weighted by molar-refractivity contribution is 0.0641. The predicted octanol–water partition coefficient (Wildman–Crippen LogP) is 4.07. The minimum Gasteiger partial charge on any atom is -0.505 e. The number of hydrogen-bond acceptors (Lipinski definition) is 7. The summed E-state index contributed by atoms with van der Waals surface area (Å²) in [6.45, 7) is -0.0853. The number of halogens is 1. The molecule has 0 aliphatic carbocycles. The Morgan fingerprint density at radius 2 is 1.69 bits per heavy atom. The number of aromatic hydroxyl groups is 1. The van der Waals surface area contributed by atoms with Crippen LogP contribution in [0, 0.1) is 5.82 Å². The molecule has 1 aliphatic rings. The summed E-state index contributed by atoms with van der Waals surface area (Å²) in [6.07, 6.45) is 2.00. The normalized spacial score (nSPS) is 12.8. The SMILES string of the molecule is COc1ccc(CN2C(=O)c3c(c(O)c4ncc(Cc5ccc(F)cc5)cc4c3N)C2=O)c(OC)c1. The molecule has 0 spiro atoms. The highest BCUT2D eigenvalue weighted by molar-refractivity contribution is 6.28. The zero-order valence-electron chi connectivity index (χ0n) is 19.5. The van der Waals surface area contributed by atoms with Gasteiger partial charge in [-0.05, 0) is 47.9 Å². The number of carbonyl (C=O) groups excluding carboxylic acids is 2. The highest BCUT2D eigenvalue weighted by atomic mass is 19.1. The number of nitrogens with zero attached hydrogens (tertiary/aromatic N) is 2. The van der Waals surface area contributed by atoms with Gasteiger partial charge in [-0.25, -0.2) is 4.39 Å². The molecule has 3 N–H and O–H groups in total. The first kappa shape index (κ1) is 23.1. The van der Waals surface area contributed by atoms with Gasteiger partial charge in [-0.3, -0.25) is 19.5 Å². The minimum absolute atomic E-state index is 0.0572. The molecule has 2 heterocycles. The number of carbonyl (C=O) groups is 2. The number of nitrogen functional groups attached to an aromatic ring is 1. The maximum absolute atomic E-state index is 13.4. The minimum atomic E-state index is -0.670. The van der Waals surface area contributed by atoms with Crippen molar-refractivity contribution in [1.29, 1.82) is 0 Å². The van der Waals surface area contributed by atoms with Crippen molar-refractivity contribution in [3.05, 3.63) is 88.4 Å². The fraction of sp³-hybridized carbons (Fsp3) is 0.148. The molecule has 4 aromatic rings. The molecule has 9 heteroatoms. The molecule has 0 unspecified atom stereocenters. The molecule has 0 atom stereocenters. The number of ether oxygens (including phenoxy) is 2. The molecule has 1 aliphatic heterocycles. The molecular weight excluding hydrogens is 465 g/mol. The summed E-state index contributed by atoms with van der Waals surface area (Å²) in [7, 11) is 3.00. The first-order chi connectivity index (χ1) is 17.3. The Morgan fingerprint density at radius 1 is 0.972 bits per heavy atom. The Kier molecular flexibility index (Phi) is 5.68. The van der Waals surface area contributed by atoms with Crippen LogP contribution in [-0.2, 0) is 13.0 Å². The number of rotatable bonds is 6. The molecule has 36 heavy (non-hydrogen) atoms. The Labute approximate surface area is 205 Å². The lowest BCUT2D eigenvalue weighted by Crippen LogP contribution is -2.29. The van der Waals surface area contributed by atoms with Gasteiger partial charge >= 0.3 is 0 Å². The van der Waals surface area contributed by atoms with Crippen LogP contribution in [0.15, 0.2) is 54.7 Å². The average Bonchev–Trinajstić information content (AvgIpc) is 3.14. The van der Waals surface area contributed by atoms with Gasteiger partial charge in [-0.15, -0.1) is 0 Å². The van der Waals surface area contributed by atoms with Crippen LogP contribution >= 0.6 is 0 Å². The van der Waals surface area contributed by atoms with Gasteiger partial charge in [0.15, 0.2) is 5.75 Å². The zero-order chi connectivity index (χ0) is 25.6. The molecule has 0 radical (unpaired) electrons. The third-order valence-corrected chi connectivity index (χ3v) is 6.28. The summed E-state index contributed by atoms with van der Waals surface area (Å²) in [5.74, 6) is -1.01. The number of amides is 2. The van der Waals surface area contributed by atoms with Gasteiger partial charge in [-0.1, -0.05) is 12.1 Å². The number of methoxy groups -OCH3 is 2. The van der Waals surface area contributed by atoms with Crippen LogP contribution in [0.1, 0.15) is 37.4 Å². The largest absolute Gasteiger partial charge is 0.505 e. The number of imide groups is 1. The van der Waals surface area contributed by atoms with Crippen molar-refractivity contribution >= 4 is 28.4 Å². The second kappa shape index (κ2) is 8.84. The van der Waals surface area contributed by atoms with E-state index in [0.717, 1.165) is 16.0 Å². The Morgan fingerprint density at radius 3 is 2.39 bits per heavy atom. The van der Waals surface area contributed by atoms with Gasteiger partial charge in [0.25, 0.3) is 11.8 Å². The van der Waals surface area contributed by atoms with E-state index in [2.05, 4.69) is 4.98 Å². The second-order valence-electron chi connectivity index (χ2n) is 8.43. The first-order valence-corrected chi connectivity index (χ1v) is 11.1. The summed E-state index contributed by atoms with van der Waals surface area (Å²) in [4.78, 5) is 31.9. The lowest BCUT2D eigenvalue weighted by Gasteiger charge is -2.16. The number of phenols is 1. The molecule has 0 saturated heterocycles. The van der Waals surface area contributed by atoms with Crippen LogP contribution in [0.4, 0.5) is 10.1 Å². The van der Waals surface area contributed by atoms with E-state index in [1.54, 1.807) is 42.6 Å². The molecule has 5 rings (SSSR count). The molecule has 8 nitrogen and oxygen atoms in total. The highest BCUT2D eigenvalue weighted by Crippen LogP contribution is 2.42. The number of pyridine rings is 1. The summed E-state index contributed by atoms with van der Waals surface area (Å²) in [6, 6.07) is 12.8. The number of anilines is 1. The van der Waals surface area contributed by atoms with Crippen molar-refractivity contribution in [2.24, 2.45) is 0 Å². The summed E-state index contributed by atoms with van der Waals surface area (Å²) in [5, 5.41) is 11.3. The van der Waals surface area contributed by atoms with Gasteiger partial charge < -0.3 is 20.3 Å². The molecule has 0 saturated carbocycles. The van der Waals surface area contributed by atoms with Crippen LogP contribution < -0.4 is 15.2 Å². The molecule has 0 fully saturated rings. The molecule has 1 aromatic heterocycles. The number of aromatic nitrogens is 1. The summed E-state index contributed by atoms with van der Waals surface area (Å²) in [5.41, 5.74) is 8.52. The van der Waals surface area contributed by atoms with E-state index in [0.29, 0.717) is 28.9 Å². The van der Waals surface area contributed by atoms with Crippen LogP contribution in [0.5, 0.6) is 17.2 Å². The fourth-order valence-corrected chi connectivity index (χ4v) is 4.43. The quantitative estimate of drug-likeness (QED) is 0.239. The van der Waals surface area contributed by atoms with E-state index < -0.39 is 17.6 Å². The van der Waals surface area contributed by atoms with Crippen molar-refractivity contribution in [3.8, 4) is 17.2 Å². The molecular formula is C27H22FN3O5. The predicted molar refractivity (Wildman–Crippen MR) is 131 cm³/mol. The van der Waals surface area contributed by atoms with Gasteiger partial charge in [0.2, 0.25) is 0 Å². The van der Waals surface area contributed by atoms with E-state index in [4.69, 9.17) is 15.2 Å². The number of benzene rings is 3. The standard InChI is InChI=1S/C27H22FN3O5/c1-35-18-8-5-16(20(11-18)36-2)13-31-26(33)21-22(27(31)34)25(32)24-19(23(21)29)10-15(12-30-24)9-14-3-6-17(28)7-4-14/h3-8,10-12,32H,9,13,29H2,1-2H3. The number of fused-ring (bicyclic) bond motifs is 2. The van der Waals surface area contributed by atoms with Crippen LogP contribution in [0.25, 0.3) is 10.9 Å². The van der Waals surface area contributed by atoms with E-state index in [-0.39, 0.29) is 34.7 Å². The third kappa shape index (κ3) is 3.74. The zero-order valence-corrected chi connectivity index (χ0v) is 19.5. The Hall–Kier alpha value is -4.66. The van der Waals surface area contributed by atoms with Crippen molar-refractivity contribution in [2.45, 2.75) is 13.0 Å². The first-order valence-electron chi connectivity index (χ1n) is 11.1. The Balaban J connectivity index is 1.54. The molecule has 182 valence electrons. The fourth-order valence-electron chi connectivity index (χ4n) is 4.43. The van der Waals surface area contributed by atoms with E-state index in [1.807, 2.05) is 0 Å². The van der Waals surface area contributed by atoms with Gasteiger partial charge in [0.1, 0.15) is 22.8 Å². The molecule has 2 amide bonds. The third-order valence-electron chi connectivity index (χ3n) is 6.28. The number of hydrogen-bond donors (Lipinski definition) is 2. The second-order valence-corrected chi connectivity index (χ2v) is 8.43. The average molecular weight is 487 g/mol. The van der Waals surface area contributed by atoms with Crippen molar-refractivity contribution in [2.75, 3.05) is 20.0 Å². The van der Waals surface area contributed by atoms with Crippen LogP contribution in [0.3, 0.4) is 0 Å². The van der Waals surface area contributed by atoms with Gasteiger partial charge in [0.05, 0.1) is 37.6 Å². The number of nitrogens with two attached hydrogens (primary N) is 1. The van der Waals surface area contributed by atoms with Crippen LogP contribution in [-0.4, -0.2) is 41.0 Å². The highest BCUT2D eigenvalue weighted by Gasteiger charge is 2.41. The van der Waals surface area contributed by atoms with E-state index in [9.17, 15) is 19.1 Å². The summed E-state index contributed by atoms with van der Waals surface area (Å²) < 4.78 is 23.8. The number of phenolic OH excluding ortho intramolecular Hbond substituents is 1. The maximum Gasteiger partial charge on any atom is 0.265 e. The lowest BCUT2D eigenvalue weighted by atomic mass is 9.98. The van der Waals surface area contributed by atoms with Crippen molar-refractivity contribution in [1.82, 2.24) is 9.88 Å². The topological polar surface area (TPSA) is 115 Å². The smallest absolute Gasteiger partial charge is 0.265 e. The monoisotopic (exact) mass is 487 g/mol. The Bertz CT molecular complexity index is 1540. The van der Waals surface area contributed by atoms with Gasteiger partial charge in [-0.2, -0.15) is 0 Å².